The van der Waals surface area contributed by atoms with Crippen molar-refractivity contribution in [3.63, 3.8) is 0 Å². The maximum Gasteiger partial charge on any atom is 0.255 e. The Labute approximate surface area is 233 Å². The monoisotopic (exact) mass is 557 g/mol. The van der Waals surface area contributed by atoms with Gasteiger partial charge in [-0.3, -0.25) is 9.59 Å². The molecule has 0 saturated carbocycles. The summed E-state index contributed by atoms with van der Waals surface area (Å²) in [5.74, 6) is -0.208. The molecule has 4 aromatic carbocycles. The molecular weight excluding hydrogens is 533 g/mol. The van der Waals surface area contributed by atoms with Gasteiger partial charge in [0.2, 0.25) is 5.91 Å². The highest BCUT2D eigenvalue weighted by Crippen LogP contribution is 2.38. The zero-order chi connectivity index (χ0) is 27.2. The summed E-state index contributed by atoms with van der Waals surface area (Å²) in [5, 5.41) is 5.75. The summed E-state index contributed by atoms with van der Waals surface area (Å²) in [4.78, 5) is 31.5. The summed E-state index contributed by atoms with van der Waals surface area (Å²) in [7, 11) is 0. The van der Waals surface area contributed by atoms with Crippen molar-refractivity contribution in [2.45, 2.75) is 17.1 Å². The number of halogens is 1. The van der Waals surface area contributed by atoms with Crippen LogP contribution in [0.5, 0.6) is 5.75 Å². The van der Waals surface area contributed by atoms with E-state index in [2.05, 4.69) is 15.6 Å². The van der Waals surface area contributed by atoms with Crippen LogP contribution in [-0.4, -0.2) is 23.4 Å². The Morgan fingerprint density at radius 2 is 1.74 bits per heavy atom. The van der Waals surface area contributed by atoms with Gasteiger partial charge < -0.3 is 15.4 Å². The van der Waals surface area contributed by atoms with Gasteiger partial charge in [0, 0.05) is 16.1 Å². The van der Waals surface area contributed by atoms with Gasteiger partial charge in [0.1, 0.15) is 16.8 Å². The maximum absolute atomic E-state index is 13.5. The number of carbonyl (C=O) groups excluding carboxylic acids is 2. The fourth-order valence-corrected chi connectivity index (χ4v) is 5.86. The second-order valence-corrected chi connectivity index (χ2v) is 10.7. The Morgan fingerprint density at radius 3 is 2.51 bits per heavy atom. The van der Waals surface area contributed by atoms with Crippen molar-refractivity contribution in [2.24, 2.45) is 0 Å². The fourth-order valence-electron chi connectivity index (χ4n) is 3.87. The zero-order valence-electron chi connectivity index (χ0n) is 20.9. The first-order chi connectivity index (χ1) is 19.0. The van der Waals surface area contributed by atoms with Crippen LogP contribution in [0.3, 0.4) is 0 Å². The number of amides is 2. The van der Waals surface area contributed by atoms with Crippen LogP contribution in [0.15, 0.2) is 102 Å². The molecule has 0 aliphatic carbocycles. The highest BCUT2D eigenvalue weighted by molar-refractivity contribution is 8.00. The smallest absolute Gasteiger partial charge is 0.255 e. The molecule has 9 heteroatoms. The van der Waals surface area contributed by atoms with Crippen molar-refractivity contribution in [1.82, 2.24) is 4.98 Å². The van der Waals surface area contributed by atoms with Gasteiger partial charge in [-0.25, -0.2) is 9.37 Å². The molecule has 0 aliphatic heterocycles. The zero-order valence-corrected chi connectivity index (χ0v) is 22.5. The topological polar surface area (TPSA) is 80.3 Å². The number of nitrogens with one attached hydrogen (secondary N) is 2. The van der Waals surface area contributed by atoms with Crippen LogP contribution < -0.4 is 15.4 Å². The van der Waals surface area contributed by atoms with Gasteiger partial charge in [0.25, 0.3) is 5.91 Å². The Morgan fingerprint density at radius 1 is 0.949 bits per heavy atom. The van der Waals surface area contributed by atoms with Gasteiger partial charge in [-0.1, -0.05) is 47.7 Å². The largest absolute Gasteiger partial charge is 0.494 e. The molecule has 0 aliphatic rings. The number of carbonyl (C=O) groups is 2. The molecule has 39 heavy (non-hydrogen) atoms. The SMILES string of the molecule is CCOc1ccc2nc(NC(=O)C(Sc3cccc(NC(=O)c4ccc(F)cc4)c3)c3ccccc3)sc2c1. The van der Waals surface area contributed by atoms with Crippen molar-refractivity contribution in [2.75, 3.05) is 17.2 Å². The molecule has 2 N–H and O–H groups in total. The Kier molecular flexibility index (Phi) is 8.19. The summed E-state index contributed by atoms with van der Waals surface area (Å²) in [5.41, 5.74) is 2.53. The molecule has 1 atom stereocenters. The van der Waals surface area contributed by atoms with E-state index in [0.717, 1.165) is 26.4 Å². The van der Waals surface area contributed by atoms with Crippen molar-refractivity contribution in [3.8, 4) is 5.75 Å². The number of ether oxygens (including phenoxy) is 1. The number of rotatable bonds is 9. The summed E-state index contributed by atoms with van der Waals surface area (Å²) in [6, 6.07) is 27.8. The predicted molar refractivity (Wildman–Crippen MR) is 155 cm³/mol. The van der Waals surface area contributed by atoms with Crippen molar-refractivity contribution in [3.05, 3.63) is 114 Å². The maximum atomic E-state index is 13.5. The first-order valence-corrected chi connectivity index (χ1v) is 13.9. The third-order valence-electron chi connectivity index (χ3n) is 5.69. The van der Waals surface area contributed by atoms with E-state index in [1.165, 1.54) is 47.4 Å². The number of nitrogens with zero attached hydrogens (tertiary/aromatic N) is 1. The number of aromatic nitrogens is 1. The fraction of sp³-hybridized carbons (Fsp3) is 0.100. The standard InChI is InChI=1S/C30H24FN3O3S2/c1-2-37-23-15-16-25-26(18-23)39-30(33-25)34-29(36)27(19-7-4-3-5-8-19)38-24-10-6-9-22(17-24)32-28(35)20-11-13-21(31)14-12-20/h3-18,27H,2H2,1H3,(H,32,35)(H,33,34,36). The number of thioether (sulfide) groups is 1. The van der Waals surface area contributed by atoms with Crippen LogP contribution in [0.4, 0.5) is 15.2 Å². The Balaban J connectivity index is 1.35. The molecule has 0 bridgehead atoms. The van der Waals surface area contributed by atoms with E-state index in [4.69, 9.17) is 4.74 Å². The van der Waals surface area contributed by atoms with Gasteiger partial charge in [0.05, 0.1) is 16.8 Å². The third-order valence-corrected chi connectivity index (χ3v) is 7.88. The lowest BCUT2D eigenvalue weighted by atomic mass is 10.1. The number of anilines is 2. The molecule has 6 nitrogen and oxygen atoms in total. The van der Waals surface area contributed by atoms with Crippen LogP contribution >= 0.6 is 23.1 Å². The Hall–Kier alpha value is -4.21. The van der Waals surface area contributed by atoms with Crippen LogP contribution in [-0.2, 0) is 4.79 Å². The van der Waals surface area contributed by atoms with E-state index in [1.54, 1.807) is 6.07 Å². The van der Waals surface area contributed by atoms with E-state index in [9.17, 15) is 14.0 Å². The number of hydrogen-bond donors (Lipinski definition) is 2. The molecule has 5 rings (SSSR count). The molecule has 2 amide bonds. The minimum atomic E-state index is -0.569. The van der Waals surface area contributed by atoms with E-state index in [0.29, 0.717) is 23.0 Å². The van der Waals surface area contributed by atoms with E-state index < -0.39 is 11.1 Å². The average Bonchev–Trinajstić information content (AvgIpc) is 3.34. The molecule has 196 valence electrons. The van der Waals surface area contributed by atoms with Crippen molar-refractivity contribution < 1.29 is 18.7 Å². The number of hydrogen-bond acceptors (Lipinski definition) is 6. The molecule has 0 radical (unpaired) electrons. The second kappa shape index (κ2) is 12.1. The normalized spacial score (nSPS) is 11.6. The molecule has 0 spiro atoms. The van der Waals surface area contributed by atoms with Crippen molar-refractivity contribution >= 4 is 55.9 Å². The third kappa shape index (κ3) is 6.63. The van der Waals surface area contributed by atoms with Gasteiger partial charge in [-0.15, -0.1) is 11.8 Å². The summed E-state index contributed by atoms with van der Waals surface area (Å²) in [6.07, 6.45) is 0. The molecule has 5 aromatic rings. The number of benzene rings is 4. The second-order valence-electron chi connectivity index (χ2n) is 8.47. The summed E-state index contributed by atoms with van der Waals surface area (Å²) >= 11 is 2.76. The van der Waals surface area contributed by atoms with Gasteiger partial charge >= 0.3 is 0 Å². The molecule has 1 heterocycles. The first kappa shape index (κ1) is 26.4. The lowest BCUT2D eigenvalue weighted by Crippen LogP contribution is -2.19. The van der Waals surface area contributed by atoms with E-state index in [-0.39, 0.29) is 11.8 Å². The van der Waals surface area contributed by atoms with Crippen LogP contribution in [0.25, 0.3) is 10.2 Å². The summed E-state index contributed by atoms with van der Waals surface area (Å²) in [6.45, 7) is 2.50. The molecular formula is C30H24FN3O3S2. The van der Waals surface area contributed by atoms with Crippen LogP contribution in [0, 0.1) is 5.82 Å². The van der Waals surface area contributed by atoms with E-state index >= 15 is 0 Å². The van der Waals surface area contributed by atoms with Gasteiger partial charge in [-0.05, 0) is 73.2 Å². The lowest BCUT2D eigenvalue weighted by Gasteiger charge is -2.17. The minimum Gasteiger partial charge on any atom is -0.494 e. The predicted octanol–water partition coefficient (Wildman–Crippen LogP) is 7.56. The van der Waals surface area contributed by atoms with Crippen molar-refractivity contribution in [1.29, 1.82) is 0 Å². The highest BCUT2D eigenvalue weighted by Gasteiger charge is 2.23. The highest BCUT2D eigenvalue weighted by atomic mass is 32.2. The number of thiazole rings is 1. The molecule has 0 fully saturated rings. The molecule has 1 unspecified atom stereocenters. The van der Waals surface area contributed by atoms with E-state index in [1.807, 2.05) is 73.7 Å². The lowest BCUT2D eigenvalue weighted by molar-refractivity contribution is -0.115. The van der Waals surface area contributed by atoms with Crippen LogP contribution in [0.1, 0.15) is 28.1 Å². The number of fused-ring (bicyclic) bond motifs is 1. The summed E-state index contributed by atoms with van der Waals surface area (Å²) < 4.78 is 19.7. The quantitative estimate of drug-likeness (QED) is 0.183. The van der Waals surface area contributed by atoms with Gasteiger partial charge in [-0.2, -0.15) is 0 Å². The molecule has 1 aromatic heterocycles. The first-order valence-electron chi connectivity index (χ1n) is 12.2. The van der Waals surface area contributed by atoms with Gasteiger partial charge in [0.15, 0.2) is 5.13 Å². The minimum absolute atomic E-state index is 0.212. The Bertz CT molecular complexity index is 1610. The average molecular weight is 558 g/mol. The molecule has 0 saturated heterocycles. The van der Waals surface area contributed by atoms with Crippen LogP contribution in [0.2, 0.25) is 0 Å².